The quantitative estimate of drug-likeness (QED) is 0.580. The second-order valence-electron chi connectivity index (χ2n) is 13.7. The lowest BCUT2D eigenvalue weighted by Crippen LogP contribution is -2.70. The fourth-order valence-electron chi connectivity index (χ4n) is 11.3. The van der Waals surface area contributed by atoms with Crippen LogP contribution >= 0.6 is 0 Å². The largest absolute Gasteiger partial charge is 0.393 e. The lowest BCUT2D eigenvalue weighted by atomic mass is 9.43. The van der Waals surface area contributed by atoms with Crippen LogP contribution in [0.1, 0.15) is 92.4 Å². The first-order chi connectivity index (χ1) is 14.5. The normalized spacial score (nSPS) is 63.9. The van der Waals surface area contributed by atoms with Crippen molar-refractivity contribution in [2.45, 2.75) is 122 Å². The molecule has 12 unspecified atom stereocenters. The van der Waals surface area contributed by atoms with Crippen LogP contribution < -0.4 is 5.73 Å². The zero-order valence-corrected chi connectivity index (χ0v) is 20.4. The highest BCUT2D eigenvalue weighted by Gasteiger charge is 2.85. The van der Waals surface area contributed by atoms with Crippen LogP contribution in [0.5, 0.6) is 0 Å². The minimum Gasteiger partial charge on any atom is -0.393 e. The highest BCUT2D eigenvalue weighted by atomic mass is 16.5. The Balaban J connectivity index is 1.41. The molecule has 0 radical (unpaired) electrons. The van der Waals surface area contributed by atoms with E-state index >= 15 is 0 Å². The predicted molar refractivity (Wildman–Crippen MR) is 121 cm³/mol. The van der Waals surface area contributed by atoms with E-state index in [4.69, 9.17) is 10.5 Å². The molecular formula is C27H45NO3. The number of hydrogen-bond acceptors (Lipinski definition) is 4. The molecule has 0 bridgehead atoms. The summed E-state index contributed by atoms with van der Waals surface area (Å²) in [5.41, 5.74) is 7.57. The summed E-state index contributed by atoms with van der Waals surface area (Å²) in [6.07, 6.45) is 9.54. The van der Waals surface area contributed by atoms with E-state index in [0.29, 0.717) is 29.1 Å². The van der Waals surface area contributed by atoms with Crippen molar-refractivity contribution in [1.82, 2.24) is 0 Å². The van der Waals surface area contributed by atoms with E-state index < -0.39 is 11.6 Å². The molecule has 0 amide bonds. The smallest absolute Gasteiger partial charge is 0.0992 e. The number of hydrogen-bond donors (Lipinski definition) is 3. The van der Waals surface area contributed by atoms with Crippen LogP contribution in [-0.2, 0) is 4.74 Å². The topological polar surface area (TPSA) is 75.7 Å². The summed E-state index contributed by atoms with van der Waals surface area (Å²) < 4.78 is 6.58. The minimum atomic E-state index is -0.558. The van der Waals surface area contributed by atoms with Crippen molar-refractivity contribution in [3.05, 3.63) is 0 Å². The molecule has 4 N–H and O–H groups in total. The molecule has 0 aromatic heterocycles. The molecule has 4 nitrogen and oxygen atoms in total. The summed E-state index contributed by atoms with van der Waals surface area (Å²) in [4.78, 5) is 0. The summed E-state index contributed by atoms with van der Waals surface area (Å²) in [5.74, 6) is 1.90. The number of rotatable bonds is 1. The fraction of sp³-hybridized carbons (Fsp3) is 1.00. The van der Waals surface area contributed by atoms with E-state index in [1.807, 2.05) is 0 Å². The van der Waals surface area contributed by atoms with Crippen molar-refractivity contribution in [3.63, 3.8) is 0 Å². The molecule has 6 fully saturated rings. The second kappa shape index (κ2) is 6.09. The van der Waals surface area contributed by atoms with Crippen molar-refractivity contribution >= 4 is 0 Å². The van der Waals surface area contributed by atoms with E-state index in [0.717, 1.165) is 44.9 Å². The molecule has 5 saturated carbocycles. The maximum Gasteiger partial charge on any atom is 0.0992 e. The molecule has 6 rings (SSSR count). The molecule has 1 saturated heterocycles. The van der Waals surface area contributed by atoms with Gasteiger partial charge < -0.3 is 20.7 Å². The highest BCUT2D eigenvalue weighted by Crippen LogP contribution is 2.87. The van der Waals surface area contributed by atoms with Crippen molar-refractivity contribution < 1.29 is 14.9 Å². The van der Waals surface area contributed by atoms with Gasteiger partial charge in [-0.25, -0.2) is 0 Å². The number of aliphatic hydroxyl groups is 2. The van der Waals surface area contributed by atoms with Crippen LogP contribution in [-0.4, -0.2) is 40.2 Å². The maximum absolute atomic E-state index is 11.9. The summed E-state index contributed by atoms with van der Waals surface area (Å²) >= 11 is 0. The highest BCUT2D eigenvalue weighted by molar-refractivity contribution is 5.35. The first kappa shape index (κ1) is 21.4. The lowest BCUT2D eigenvalue weighted by molar-refractivity contribution is -0.152. The van der Waals surface area contributed by atoms with Crippen molar-refractivity contribution in [2.24, 2.45) is 51.1 Å². The molecule has 6 aliphatic rings. The Labute approximate surface area is 188 Å². The molecule has 5 aliphatic carbocycles. The Kier molecular flexibility index (Phi) is 4.20. The second-order valence-corrected chi connectivity index (χ2v) is 13.7. The summed E-state index contributed by atoms with van der Waals surface area (Å²) in [6, 6.07) is 0. The molecule has 0 aromatic carbocycles. The number of fused-ring (bicyclic) bond motifs is 4. The Hall–Kier alpha value is -0.160. The molecule has 2 spiro atoms. The predicted octanol–water partition coefficient (Wildman–Crippen LogP) is 4.26. The zero-order valence-electron chi connectivity index (χ0n) is 20.4. The third-order valence-corrected chi connectivity index (χ3v) is 12.8. The molecule has 12 atom stereocenters. The zero-order chi connectivity index (χ0) is 22.2. The average Bonchev–Trinajstić information content (AvgIpc) is 3.36. The van der Waals surface area contributed by atoms with Gasteiger partial charge in [-0.05, 0) is 103 Å². The van der Waals surface area contributed by atoms with E-state index in [9.17, 15) is 10.2 Å². The summed E-state index contributed by atoms with van der Waals surface area (Å²) in [6.45, 7) is 11.6. The van der Waals surface area contributed by atoms with Crippen LogP contribution in [0.2, 0.25) is 0 Å². The lowest BCUT2D eigenvalue weighted by Gasteiger charge is -2.63. The van der Waals surface area contributed by atoms with Gasteiger partial charge in [0.05, 0.1) is 30.0 Å². The van der Waals surface area contributed by atoms with Crippen LogP contribution in [0.15, 0.2) is 0 Å². The Morgan fingerprint density at radius 3 is 2.35 bits per heavy atom. The van der Waals surface area contributed by atoms with Gasteiger partial charge in [0.2, 0.25) is 0 Å². The third-order valence-electron chi connectivity index (χ3n) is 12.8. The monoisotopic (exact) mass is 431 g/mol. The Bertz CT molecular complexity index is 784. The summed E-state index contributed by atoms with van der Waals surface area (Å²) in [5, 5.41) is 22.7. The number of ether oxygens (including phenoxy) is 1. The van der Waals surface area contributed by atoms with Gasteiger partial charge in [0.1, 0.15) is 0 Å². The SMILES string of the molecule is CCC1CC(C)C2C(O1)C(O)C1(N)C3CCC4C(C)(C)C(O)CCC45CC35CCC21C. The standard InChI is InChI=1S/C27H45NO3/c1-6-16-13-15(2)20-21(31-16)22(30)27(28)18-8-7-17-23(3,4)19(29)9-10-25(17)14-26(18,25)12-11-24(20,27)5/h15-22,29-30H,6-14,28H2,1-5H3. The Morgan fingerprint density at radius 2 is 1.65 bits per heavy atom. The van der Waals surface area contributed by atoms with Crippen LogP contribution in [0.3, 0.4) is 0 Å². The molecule has 0 aromatic rings. The first-order valence-corrected chi connectivity index (χ1v) is 13.3. The molecule has 31 heavy (non-hydrogen) atoms. The molecule has 176 valence electrons. The van der Waals surface area contributed by atoms with Gasteiger partial charge in [0.25, 0.3) is 0 Å². The van der Waals surface area contributed by atoms with Gasteiger partial charge in [-0.1, -0.05) is 34.6 Å². The maximum atomic E-state index is 11.9. The van der Waals surface area contributed by atoms with E-state index in [2.05, 4.69) is 34.6 Å². The van der Waals surface area contributed by atoms with Crippen molar-refractivity contribution in [1.29, 1.82) is 0 Å². The van der Waals surface area contributed by atoms with Gasteiger partial charge in [-0.15, -0.1) is 0 Å². The van der Waals surface area contributed by atoms with Gasteiger partial charge >= 0.3 is 0 Å². The van der Waals surface area contributed by atoms with Gasteiger partial charge in [0, 0.05) is 0 Å². The van der Waals surface area contributed by atoms with Gasteiger partial charge in [-0.2, -0.15) is 0 Å². The first-order valence-electron chi connectivity index (χ1n) is 13.3. The van der Waals surface area contributed by atoms with E-state index in [1.165, 1.54) is 12.8 Å². The van der Waals surface area contributed by atoms with Crippen LogP contribution in [0, 0.1) is 45.3 Å². The van der Waals surface area contributed by atoms with Crippen molar-refractivity contribution in [2.75, 3.05) is 0 Å². The number of aliphatic hydroxyl groups excluding tert-OH is 2. The molecule has 1 heterocycles. The average molecular weight is 432 g/mol. The van der Waals surface area contributed by atoms with Crippen LogP contribution in [0.4, 0.5) is 0 Å². The molecule has 4 heteroatoms. The van der Waals surface area contributed by atoms with Gasteiger partial charge in [0.15, 0.2) is 0 Å². The van der Waals surface area contributed by atoms with Crippen molar-refractivity contribution in [3.8, 4) is 0 Å². The minimum absolute atomic E-state index is 0.0104. The van der Waals surface area contributed by atoms with E-state index in [1.54, 1.807) is 0 Å². The number of nitrogens with two attached hydrogens (primary N) is 1. The molecule has 1 aliphatic heterocycles. The third kappa shape index (κ3) is 2.14. The fourth-order valence-corrected chi connectivity index (χ4v) is 11.3. The molecular weight excluding hydrogens is 386 g/mol. The van der Waals surface area contributed by atoms with Crippen LogP contribution in [0.25, 0.3) is 0 Å². The van der Waals surface area contributed by atoms with Gasteiger partial charge in [-0.3, -0.25) is 0 Å². The Morgan fingerprint density at radius 1 is 0.968 bits per heavy atom. The van der Waals surface area contributed by atoms with E-state index in [-0.39, 0.29) is 34.6 Å². The summed E-state index contributed by atoms with van der Waals surface area (Å²) in [7, 11) is 0.